The zero-order valence-corrected chi connectivity index (χ0v) is 16.4. The lowest BCUT2D eigenvalue weighted by Crippen LogP contribution is -2.12. The fourth-order valence-electron chi connectivity index (χ4n) is 3.60. The van der Waals surface area contributed by atoms with Crippen molar-refractivity contribution in [2.24, 2.45) is 0 Å². The van der Waals surface area contributed by atoms with E-state index in [4.69, 9.17) is 4.74 Å². The second-order valence-corrected chi connectivity index (χ2v) is 9.06. The maximum Gasteiger partial charge on any atom is 0.139 e. The average molecular weight is 384 g/mol. The van der Waals surface area contributed by atoms with Crippen LogP contribution in [0.4, 0.5) is 0 Å². The van der Waals surface area contributed by atoms with Gasteiger partial charge in [-0.1, -0.05) is 12.1 Å². The lowest BCUT2D eigenvalue weighted by molar-refractivity contribution is 0.349. The third-order valence-electron chi connectivity index (χ3n) is 5.00. The fraction of sp³-hybridized carbons (Fsp3) is 0.333. The molecule has 5 nitrogen and oxygen atoms in total. The van der Waals surface area contributed by atoms with Crippen LogP contribution in [0.1, 0.15) is 24.0 Å². The highest BCUT2D eigenvalue weighted by Gasteiger charge is 2.24. The highest BCUT2D eigenvalue weighted by molar-refractivity contribution is 7.99. The summed E-state index contributed by atoms with van der Waals surface area (Å²) in [5, 5.41) is 3.22. The molecular formula is C21H25N3O2S. The second kappa shape index (κ2) is 7.37. The van der Waals surface area contributed by atoms with Gasteiger partial charge in [-0.3, -0.25) is 8.96 Å². The monoisotopic (exact) mass is 383 g/mol. The quantitative estimate of drug-likeness (QED) is 0.691. The first kappa shape index (κ1) is 18.1. The Kier molecular flexibility index (Phi) is 4.93. The third-order valence-corrected chi connectivity index (χ3v) is 6.95. The predicted molar refractivity (Wildman–Crippen MR) is 111 cm³/mol. The molecule has 2 aliphatic rings. The van der Waals surface area contributed by atoms with Gasteiger partial charge in [-0.25, -0.2) is 4.21 Å². The van der Waals surface area contributed by atoms with Crippen LogP contribution >= 0.6 is 0 Å². The van der Waals surface area contributed by atoms with Crippen molar-refractivity contribution in [2.45, 2.75) is 31.1 Å². The van der Waals surface area contributed by atoms with E-state index in [2.05, 4.69) is 16.2 Å². The Morgan fingerprint density at radius 3 is 2.78 bits per heavy atom. The molecule has 1 saturated heterocycles. The number of benzene rings is 1. The summed E-state index contributed by atoms with van der Waals surface area (Å²) in [6.07, 6.45) is 7.24. The number of nitrogens with one attached hydrogen (secondary N) is 1. The lowest BCUT2D eigenvalue weighted by atomic mass is 10.2. The van der Waals surface area contributed by atoms with Gasteiger partial charge in [-0.15, -0.1) is 0 Å². The number of ether oxygens (including phenoxy) is 1. The number of hydrogen-bond donors (Lipinski definition) is 1. The minimum absolute atomic E-state index is 0.634. The van der Waals surface area contributed by atoms with E-state index >= 15 is 0 Å². The van der Waals surface area contributed by atoms with Gasteiger partial charge in [-0.2, -0.15) is 0 Å². The molecule has 3 aromatic rings. The smallest absolute Gasteiger partial charge is 0.139 e. The summed E-state index contributed by atoms with van der Waals surface area (Å²) in [7, 11) is -2.72. The van der Waals surface area contributed by atoms with Crippen molar-refractivity contribution in [3.8, 4) is 5.75 Å². The standard InChI is InChI=1S/C17H16N2O2S.C4H9N/c1-12-11-19(14-6-4-9-18-16(12)14)22(2,20)15-7-3-5-13-8-10-21-17(13)15;1-2-4-5-3-1/h3-7,9,11H,2,8,10H2,1H3;5H,1-4H2. The Morgan fingerprint density at radius 2 is 2.04 bits per heavy atom. The Labute approximate surface area is 160 Å². The van der Waals surface area contributed by atoms with E-state index in [0.29, 0.717) is 11.5 Å². The molecule has 6 heteroatoms. The summed E-state index contributed by atoms with van der Waals surface area (Å²) in [4.78, 5) is 5.03. The Bertz CT molecular complexity index is 1060. The molecule has 0 aliphatic carbocycles. The molecule has 2 aromatic heterocycles. The van der Waals surface area contributed by atoms with Crippen LogP contribution in [0.25, 0.3) is 11.0 Å². The number of rotatable bonds is 2. The molecule has 1 unspecified atom stereocenters. The molecule has 1 aromatic carbocycles. The maximum atomic E-state index is 13.5. The molecule has 1 atom stereocenters. The van der Waals surface area contributed by atoms with Crippen molar-refractivity contribution in [1.82, 2.24) is 14.3 Å². The van der Waals surface area contributed by atoms with Gasteiger partial charge in [0.2, 0.25) is 0 Å². The molecule has 5 rings (SSSR count). The van der Waals surface area contributed by atoms with E-state index in [1.54, 1.807) is 10.2 Å². The van der Waals surface area contributed by atoms with Gasteiger partial charge >= 0.3 is 0 Å². The summed E-state index contributed by atoms with van der Waals surface area (Å²) in [6, 6.07) is 9.55. The molecule has 4 heterocycles. The number of aromatic nitrogens is 2. The van der Waals surface area contributed by atoms with Crippen molar-refractivity contribution in [3.05, 3.63) is 53.9 Å². The largest absolute Gasteiger partial charge is 0.492 e. The summed E-state index contributed by atoms with van der Waals surface area (Å²) < 4.78 is 21.0. The van der Waals surface area contributed by atoms with E-state index in [1.165, 1.54) is 25.9 Å². The molecule has 142 valence electrons. The Hall–Kier alpha value is -2.31. The first-order valence-corrected chi connectivity index (χ1v) is 11.0. The summed E-state index contributed by atoms with van der Waals surface area (Å²) >= 11 is 0. The van der Waals surface area contributed by atoms with Crippen LogP contribution in [0.3, 0.4) is 0 Å². The van der Waals surface area contributed by atoms with Crippen LogP contribution in [0, 0.1) is 6.92 Å². The van der Waals surface area contributed by atoms with Crippen molar-refractivity contribution < 1.29 is 8.95 Å². The SMILES string of the molecule is C1CCNC1.C=S(=O)(c1cccc2c1OCC2)n1cc(C)c2ncccc21. The summed E-state index contributed by atoms with van der Waals surface area (Å²) in [5.41, 5.74) is 3.77. The van der Waals surface area contributed by atoms with E-state index < -0.39 is 9.71 Å². The van der Waals surface area contributed by atoms with Crippen molar-refractivity contribution in [3.63, 3.8) is 0 Å². The zero-order chi connectivity index (χ0) is 18.9. The molecule has 1 fully saturated rings. The van der Waals surface area contributed by atoms with Crippen molar-refractivity contribution >= 4 is 26.6 Å². The van der Waals surface area contributed by atoms with Crippen LogP contribution < -0.4 is 10.1 Å². The molecule has 1 N–H and O–H groups in total. The van der Waals surface area contributed by atoms with E-state index in [1.807, 2.05) is 43.5 Å². The van der Waals surface area contributed by atoms with Gasteiger partial charge in [0.25, 0.3) is 0 Å². The first-order chi connectivity index (χ1) is 13.1. The number of aryl methyl sites for hydroxylation is 1. The highest BCUT2D eigenvalue weighted by atomic mass is 32.2. The first-order valence-electron chi connectivity index (χ1n) is 9.35. The molecule has 0 radical (unpaired) electrons. The Balaban J connectivity index is 0.000000314. The van der Waals surface area contributed by atoms with Gasteiger partial charge in [0, 0.05) is 18.8 Å². The topological polar surface area (TPSA) is 56.1 Å². The lowest BCUT2D eigenvalue weighted by Gasteiger charge is -2.15. The Morgan fingerprint density at radius 1 is 1.22 bits per heavy atom. The molecule has 2 aliphatic heterocycles. The predicted octanol–water partition coefficient (Wildman–Crippen LogP) is 3.19. The van der Waals surface area contributed by atoms with Gasteiger partial charge in [0.05, 0.1) is 32.2 Å². The van der Waals surface area contributed by atoms with Gasteiger partial charge in [0.1, 0.15) is 5.75 Å². The highest BCUT2D eigenvalue weighted by Crippen LogP contribution is 2.35. The van der Waals surface area contributed by atoms with E-state index in [0.717, 1.165) is 34.3 Å². The van der Waals surface area contributed by atoms with Crippen LogP contribution in [0.5, 0.6) is 5.75 Å². The van der Waals surface area contributed by atoms with Gasteiger partial charge < -0.3 is 10.1 Å². The molecule has 0 amide bonds. The molecule has 0 spiro atoms. The van der Waals surface area contributed by atoms with Gasteiger partial charge in [-0.05, 0) is 68.1 Å². The van der Waals surface area contributed by atoms with Crippen LogP contribution in [0.2, 0.25) is 0 Å². The zero-order valence-electron chi connectivity index (χ0n) is 15.6. The third kappa shape index (κ3) is 3.35. The summed E-state index contributed by atoms with van der Waals surface area (Å²) in [5.74, 6) is 4.76. The molecule has 0 saturated carbocycles. The van der Waals surface area contributed by atoms with Crippen LogP contribution in [-0.4, -0.2) is 38.7 Å². The number of fused-ring (bicyclic) bond motifs is 2. The number of pyridine rings is 1. The molecular weight excluding hydrogens is 358 g/mol. The normalized spacial score (nSPS) is 17.7. The average Bonchev–Trinajstić information content (AvgIpc) is 3.44. The fourth-order valence-corrected chi connectivity index (χ4v) is 5.37. The number of nitrogens with zero attached hydrogens (tertiary/aromatic N) is 2. The molecule has 27 heavy (non-hydrogen) atoms. The van der Waals surface area contributed by atoms with E-state index in [-0.39, 0.29) is 0 Å². The summed E-state index contributed by atoms with van der Waals surface area (Å²) in [6.45, 7) is 5.10. The minimum Gasteiger partial charge on any atom is -0.492 e. The minimum atomic E-state index is -2.72. The molecule has 0 bridgehead atoms. The maximum absolute atomic E-state index is 13.5. The van der Waals surface area contributed by atoms with Gasteiger partial charge in [0.15, 0.2) is 0 Å². The number of para-hydroxylation sites is 1. The van der Waals surface area contributed by atoms with Crippen LogP contribution in [0.15, 0.2) is 47.6 Å². The van der Waals surface area contributed by atoms with Crippen molar-refractivity contribution in [1.29, 1.82) is 0 Å². The number of hydrogen-bond acceptors (Lipinski definition) is 4. The second-order valence-electron chi connectivity index (χ2n) is 6.95. The van der Waals surface area contributed by atoms with Crippen molar-refractivity contribution in [2.75, 3.05) is 19.7 Å². The van der Waals surface area contributed by atoms with Crippen LogP contribution in [-0.2, 0) is 16.1 Å². The van der Waals surface area contributed by atoms with E-state index in [9.17, 15) is 4.21 Å².